The molecular formula is C9H21N3O3S. The van der Waals surface area contributed by atoms with E-state index in [1.54, 1.807) is 0 Å². The van der Waals surface area contributed by atoms with Gasteiger partial charge in [0.1, 0.15) is 0 Å². The highest BCUT2D eigenvalue weighted by Crippen LogP contribution is 2.16. The minimum atomic E-state index is -3.28. The second-order valence-corrected chi connectivity index (χ2v) is 6.70. The SMILES string of the molecule is CNS(=O)(=O)CCNC(=O)[C@@H](N)C(C)(C)C. The Balaban J connectivity index is 4.11. The molecule has 0 fully saturated rings. The topological polar surface area (TPSA) is 101 Å². The van der Waals surface area contributed by atoms with Crippen LogP contribution in [0, 0.1) is 5.41 Å². The molecule has 0 aliphatic heterocycles. The minimum Gasteiger partial charge on any atom is -0.354 e. The third kappa shape index (κ3) is 5.43. The van der Waals surface area contributed by atoms with Gasteiger partial charge >= 0.3 is 0 Å². The average molecular weight is 251 g/mol. The molecule has 0 aliphatic carbocycles. The fourth-order valence-corrected chi connectivity index (χ4v) is 1.49. The summed E-state index contributed by atoms with van der Waals surface area (Å²) in [7, 11) is -1.95. The summed E-state index contributed by atoms with van der Waals surface area (Å²) in [5.41, 5.74) is 5.36. The molecule has 7 heteroatoms. The third-order valence-corrected chi connectivity index (χ3v) is 3.56. The van der Waals surface area contributed by atoms with Crippen LogP contribution in [0.3, 0.4) is 0 Å². The van der Waals surface area contributed by atoms with Crippen molar-refractivity contribution in [3.05, 3.63) is 0 Å². The van der Waals surface area contributed by atoms with E-state index in [1.165, 1.54) is 7.05 Å². The predicted octanol–water partition coefficient (Wildman–Crippen LogP) is -0.975. The molecule has 1 amide bonds. The van der Waals surface area contributed by atoms with Crippen LogP contribution in [-0.2, 0) is 14.8 Å². The second kappa shape index (κ2) is 5.60. The lowest BCUT2D eigenvalue weighted by Gasteiger charge is -2.25. The molecule has 0 aromatic rings. The van der Waals surface area contributed by atoms with Gasteiger partial charge in [-0.2, -0.15) is 0 Å². The number of hydrogen-bond donors (Lipinski definition) is 3. The van der Waals surface area contributed by atoms with E-state index in [2.05, 4.69) is 10.0 Å². The van der Waals surface area contributed by atoms with Gasteiger partial charge in [-0.25, -0.2) is 13.1 Å². The van der Waals surface area contributed by atoms with Crippen molar-refractivity contribution in [1.82, 2.24) is 10.0 Å². The number of nitrogens with one attached hydrogen (secondary N) is 2. The molecule has 0 aromatic heterocycles. The van der Waals surface area contributed by atoms with E-state index in [4.69, 9.17) is 5.73 Å². The fourth-order valence-electron chi connectivity index (χ4n) is 0.914. The van der Waals surface area contributed by atoms with Gasteiger partial charge < -0.3 is 11.1 Å². The summed E-state index contributed by atoms with van der Waals surface area (Å²) in [6.45, 7) is 5.61. The summed E-state index contributed by atoms with van der Waals surface area (Å²) in [5.74, 6) is -0.481. The van der Waals surface area contributed by atoms with Gasteiger partial charge in [0.05, 0.1) is 11.8 Å². The molecule has 1 atom stereocenters. The Morgan fingerprint density at radius 2 is 1.88 bits per heavy atom. The standard InChI is InChI=1S/C9H21N3O3S/c1-9(2,3)7(10)8(13)12-5-6-16(14,15)11-4/h7,11H,5-6,10H2,1-4H3,(H,12,13)/t7-/m1/s1. The maximum Gasteiger partial charge on any atom is 0.237 e. The van der Waals surface area contributed by atoms with Crippen molar-refractivity contribution in [2.24, 2.45) is 11.1 Å². The molecule has 0 aliphatic rings. The van der Waals surface area contributed by atoms with E-state index in [0.717, 1.165) is 0 Å². The van der Waals surface area contributed by atoms with E-state index < -0.39 is 16.1 Å². The smallest absolute Gasteiger partial charge is 0.237 e. The lowest BCUT2D eigenvalue weighted by molar-refractivity contribution is -0.124. The first-order chi connectivity index (χ1) is 7.10. The van der Waals surface area contributed by atoms with E-state index >= 15 is 0 Å². The monoisotopic (exact) mass is 251 g/mol. The summed E-state index contributed by atoms with van der Waals surface area (Å²) in [6, 6.07) is -0.648. The zero-order chi connectivity index (χ0) is 13.0. The molecule has 0 radical (unpaired) electrons. The second-order valence-electron chi connectivity index (χ2n) is 4.66. The number of carbonyl (C=O) groups excluding carboxylic acids is 1. The average Bonchev–Trinajstić information content (AvgIpc) is 2.14. The highest BCUT2D eigenvalue weighted by atomic mass is 32.2. The Morgan fingerprint density at radius 3 is 2.25 bits per heavy atom. The molecule has 0 spiro atoms. The Hall–Kier alpha value is -0.660. The van der Waals surface area contributed by atoms with Gasteiger partial charge in [-0.1, -0.05) is 20.8 Å². The van der Waals surface area contributed by atoms with Crippen LogP contribution < -0.4 is 15.8 Å². The molecule has 0 heterocycles. The Kier molecular flexibility index (Phi) is 5.37. The first-order valence-corrected chi connectivity index (χ1v) is 6.70. The largest absolute Gasteiger partial charge is 0.354 e. The normalized spacial score (nSPS) is 14.6. The zero-order valence-corrected chi connectivity index (χ0v) is 11.0. The van der Waals surface area contributed by atoms with Crippen LogP contribution in [0.25, 0.3) is 0 Å². The molecule has 0 saturated heterocycles. The van der Waals surface area contributed by atoms with Gasteiger partial charge in [-0.3, -0.25) is 4.79 Å². The van der Waals surface area contributed by atoms with Crippen molar-refractivity contribution in [3.8, 4) is 0 Å². The minimum absolute atomic E-state index is 0.0613. The van der Waals surface area contributed by atoms with E-state index in [1.807, 2.05) is 20.8 Å². The van der Waals surface area contributed by atoms with E-state index in [0.29, 0.717) is 0 Å². The summed E-state index contributed by atoms with van der Waals surface area (Å²) in [6.07, 6.45) is 0. The van der Waals surface area contributed by atoms with Crippen LogP contribution >= 0.6 is 0 Å². The van der Waals surface area contributed by atoms with Crippen LogP contribution in [0.15, 0.2) is 0 Å². The van der Waals surface area contributed by atoms with Gasteiger partial charge in [0.25, 0.3) is 0 Å². The van der Waals surface area contributed by atoms with Crippen molar-refractivity contribution < 1.29 is 13.2 Å². The number of amides is 1. The first-order valence-electron chi connectivity index (χ1n) is 5.04. The maximum absolute atomic E-state index is 11.5. The van der Waals surface area contributed by atoms with Crippen molar-refractivity contribution in [2.75, 3.05) is 19.3 Å². The molecule has 16 heavy (non-hydrogen) atoms. The van der Waals surface area contributed by atoms with Gasteiger partial charge in [0.15, 0.2) is 0 Å². The van der Waals surface area contributed by atoms with Gasteiger partial charge in [0, 0.05) is 6.54 Å². The van der Waals surface area contributed by atoms with Crippen LogP contribution in [0.2, 0.25) is 0 Å². The lowest BCUT2D eigenvalue weighted by Crippen LogP contribution is -2.49. The number of carbonyl (C=O) groups is 1. The molecule has 96 valence electrons. The summed E-state index contributed by atoms with van der Waals surface area (Å²) in [5, 5.41) is 2.50. The number of rotatable bonds is 5. The molecule has 0 unspecified atom stereocenters. The first kappa shape index (κ1) is 15.3. The van der Waals surface area contributed by atoms with Crippen LogP contribution in [0.1, 0.15) is 20.8 Å². The number of sulfonamides is 1. The molecular weight excluding hydrogens is 230 g/mol. The van der Waals surface area contributed by atoms with Gasteiger partial charge in [-0.15, -0.1) is 0 Å². The fraction of sp³-hybridized carbons (Fsp3) is 0.889. The lowest BCUT2D eigenvalue weighted by atomic mass is 9.87. The number of nitrogens with two attached hydrogens (primary N) is 1. The molecule has 0 saturated carbocycles. The molecule has 0 bridgehead atoms. The van der Waals surface area contributed by atoms with Crippen LogP contribution in [0.5, 0.6) is 0 Å². The Morgan fingerprint density at radius 1 is 1.38 bits per heavy atom. The zero-order valence-electron chi connectivity index (χ0n) is 10.2. The summed E-state index contributed by atoms with van der Waals surface area (Å²) < 4.78 is 24.3. The van der Waals surface area contributed by atoms with Crippen molar-refractivity contribution in [1.29, 1.82) is 0 Å². The maximum atomic E-state index is 11.5. The molecule has 0 rings (SSSR count). The van der Waals surface area contributed by atoms with Crippen molar-refractivity contribution >= 4 is 15.9 Å². The van der Waals surface area contributed by atoms with Crippen LogP contribution in [-0.4, -0.2) is 39.7 Å². The van der Waals surface area contributed by atoms with Gasteiger partial charge in [-0.05, 0) is 12.5 Å². The highest BCUT2D eigenvalue weighted by molar-refractivity contribution is 7.89. The Labute approximate surface area is 97.0 Å². The highest BCUT2D eigenvalue weighted by Gasteiger charge is 2.27. The molecule has 4 N–H and O–H groups in total. The van der Waals surface area contributed by atoms with Gasteiger partial charge in [0.2, 0.25) is 15.9 Å². The summed E-state index contributed by atoms with van der Waals surface area (Å²) >= 11 is 0. The Bertz CT molecular complexity index is 332. The number of hydrogen-bond acceptors (Lipinski definition) is 4. The summed E-state index contributed by atoms with van der Waals surface area (Å²) in [4.78, 5) is 11.5. The van der Waals surface area contributed by atoms with E-state index in [9.17, 15) is 13.2 Å². The molecule has 6 nitrogen and oxygen atoms in total. The van der Waals surface area contributed by atoms with E-state index in [-0.39, 0.29) is 23.6 Å². The van der Waals surface area contributed by atoms with Crippen LogP contribution in [0.4, 0.5) is 0 Å². The predicted molar refractivity (Wildman–Crippen MR) is 63.3 cm³/mol. The quantitative estimate of drug-likeness (QED) is 0.585. The third-order valence-electron chi connectivity index (χ3n) is 2.20. The molecule has 0 aromatic carbocycles. The van der Waals surface area contributed by atoms with Crippen molar-refractivity contribution in [3.63, 3.8) is 0 Å². The van der Waals surface area contributed by atoms with Crippen molar-refractivity contribution in [2.45, 2.75) is 26.8 Å².